The van der Waals surface area contributed by atoms with Gasteiger partial charge in [0.15, 0.2) is 6.10 Å². The molecular weight excluding hydrogens is 234 g/mol. The summed E-state index contributed by atoms with van der Waals surface area (Å²) in [5, 5.41) is 18.1. The summed E-state index contributed by atoms with van der Waals surface area (Å²) in [5.74, 6) is -1.61. The molecule has 0 aliphatic heterocycles. The number of aliphatic hydroxyl groups is 1. The van der Waals surface area contributed by atoms with Gasteiger partial charge >= 0.3 is 12.6 Å². The molecule has 0 aliphatic rings. The largest absolute Gasteiger partial charge is 0.479 e. The number of carbonyl (C=O) groups is 1. The Kier molecular flexibility index (Phi) is 4.01. The van der Waals surface area contributed by atoms with E-state index in [9.17, 15) is 18.7 Å². The molecule has 0 saturated carbocycles. The van der Waals surface area contributed by atoms with Gasteiger partial charge in [0.05, 0.1) is 0 Å². The van der Waals surface area contributed by atoms with Crippen molar-refractivity contribution in [1.29, 1.82) is 0 Å². The van der Waals surface area contributed by atoms with Gasteiger partial charge in [-0.1, -0.05) is 0 Å². The second kappa shape index (κ2) is 5.09. The summed E-state index contributed by atoms with van der Waals surface area (Å²) in [4.78, 5) is 10.7. The van der Waals surface area contributed by atoms with Crippen molar-refractivity contribution in [2.75, 3.05) is 0 Å². The number of aliphatic carboxylic acids is 1. The van der Waals surface area contributed by atoms with Crippen LogP contribution in [0.5, 0.6) is 5.75 Å². The first-order valence-electron chi connectivity index (χ1n) is 4.79. The third-order valence-corrected chi connectivity index (χ3v) is 2.43. The van der Waals surface area contributed by atoms with Crippen LogP contribution in [0.2, 0.25) is 0 Å². The zero-order valence-corrected chi connectivity index (χ0v) is 9.28. The van der Waals surface area contributed by atoms with E-state index < -0.39 is 18.7 Å². The summed E-state index contributed by atoms with van der Waals surface area (Å²) in [7, 11) is 0. The van der Waals surface area contributed by atoms with Gasteiger partial charge in [0, 0.05) is 0 Å². The van der Waals surface area contributed by atoms with Crippen LogP contribution in [0.25, 0.3) is 0 Å². The molecule has 94 valence electrons. The number of hydrogen-bond donors (Lipinski definition) is 2. The van der Waals surface area contributed by atoms with Crippen LogP contribution in [-0.2, 0) is 4.79 Å². The zero-order chi connectivity index (χ0) is 13.2. The number of carboxylic acids is 1. The lowest BCUT2D eigenvalue weighted by molar-refractivity contribution is -0.147. The number of alkyl halides is 2. The first-order chi connectivity index (χ1) is 7.82. The highest BCUT2D eigenvalue weighted by atomic mass is 19.3. The van der Waals surface area contributed by atoms with Crippen molar-refractivity contribution in [3.05, 3.63) is 28.8 Å². The Morgan fingerprint density at radius 3 is 2.41 bits per heavy atom. The number of aryl methyl sites for hydroxylation is 1. The van der Waals surface area contributed by atoms with Gasteiger partial charge in [0.2, 0.25) is 0 Å². The molecule has 0 amide bonds. The number of aliphatic hydroxyl groups excluding tert-OH is 1. The van der Waals surface area contributed by atoms with E-state index in [4.69, 9.17) is 5.11 Å². The molecule has 2 N–H and O–H groups in total. The Hall–Kier alpha value is -1.69. The van der Waals surface area contributed by atoms with Crippen molar-refractivity contribution in [3.8, 4) is 5.75 Å². The maximum atomic E-state index is 12.0. The lowest BCUT2D eigenvalue weighted by Crippen LogP contribution is -2.13. The molecule has 0 aliphatic carbocycles. The molecule has 17 heavy (non-hydrogen) atoms. The minimum absolute atomic E-state index is 0.0492. The van der Waals surface area contributed by atoms with Crippen molar-refractivity contribution in [2.24, 2.45) is 0 Å². The molecule has 0 bridgehead atoms. The standard InChI is InChI=1S/C11H12F2O4/c1-5-3-7(17-11(12)13)4-8(6(5)2)9(14)10(15)16/h3-4,9,11,14H,1-2H3,(H,15,16). The first-order valence-corrected chi connectivity index (χ1v) is 4.79. The summed E-state index contributed by atoms with van der Waals surface area (Å²) in [6, 6.07) is 2.47. The molecule has 1 aromatic carbocycles. The van der Waals surface area contributed by atoms with Gasteiger partial charge in [0.1, 0.15) is 5.75 Å². The first kappa shape index (κ1) is 13.4. The lowest BCUT2D eigenvalue weighted by atomic mass is 9.98. The van der Waals surface area contributed by atoms with Crippen molar-refractivity contribution in [2.45, 2.75) is 26.6 Å². The van der Waals surface area contributed by atoms with Crippen LogP contribution in [0.3, 0.4) is 0 Å². The molecule has 0 spiro atoms. The number of ether oxygens (including phenoxy) is 1. The number of rotatable bonds is 4. The molecular formula is C11H12F2O4. The van der Waals surface area contributed by atoms with Gasteiger partial charge in [-0.2, -0.15) is 8.78 Å². The molecule has 0 fully saturated rings. The summed E-state index contributed by atoms with van der Waals surface area (Å²) in [6.45, 7) is 0.223. The van der Waals surface area contributed by atoms with Gasteiger partial charge in [0.25, 0.3) is 0 Å². The molecule has 1 aromatic rings. The highest BCUT2D eigenvalue weighted by Gasteiger charge is 2.20. The summed E-state index contributed by atoms with van der Waals surface area (Å²) in [6.07, 6.45) is -1.75. The van der Waals surface area contributed by atoms with Crippen LogP contribution in [0.1, 0.15) is 22.8 Å². The fraction of sp³-hybridized carbons (Fsp3) is 0.364. The van der Waals surface area contributed by atoms with Gasteiger partial charge in [-0.25, -0.2) is 4.79 Å². The maximum Gasteiger partial charge on any atom is 0.387 e. The van der Waals surface area contributed by atoms with E-state index in [1.54, 1.807) is 13.8 Å². The van der Waals surface area contributed by atoms with Gasteiger partial charge in [-0.15, -0.1) is 0 Å². The second-order valence-electron chi connectivity index (χ2n) is 3.57. The summed E-state index contributed by atoms with van der Waals surface area (Å²) < 4.78 is 28.3. The van der Waals surface area contributed by atoms with Crippen LogP contribution in [0, 0.1) is 13.8 Å². The Morgan fingerprint density at radius 2 is 1.94 bits per heavy atom. The van der Waals surface area contributed by atoms with Crippen LogP contribution >= 0.6 is 0 Å². The SMILES string of the molecule is Cc1cc(OC(F)F)cc(C(O)C(=O)O)c1C. The fourth-order valence-corrected chi connectivity index (χ4v) is 1.44. The Morgan fingerprint density at radius 1 is 1.35 bits per heavy atom. The normalized spacial score (nSPS) is 12.6. The maximum absolute atomic E-state index is 12.0. The van der Waals surface area contributed by atoms with E-state index in [0.717, 1.165) is 6.07 Å². The van der Waals surface area contributed by atoms with E-state index in [2.05, 4.69) is 4.74 Å². The predicted molar refractivity (Wildman–Crippen MR) is 55.1 cm³/mol. The third-order valence-electron chi connectivity index (χ3n) is 2.43. The number of carboxylic acid groups (broad SMARTS) is 1. The molecule has 1 atom stereocenters. The number of benzene rings is 1. The van der Waals surface area contributed by atoms with Gasteiger partial charge in [-0.05, 0) is 42.7 Å². The van der Waals surface area contributed by atoms with Crippen molar-refractivity contribution in [1.82, 2.24) is 0 Å². The highest BCUT2D eigenvalue weighted by Crippen LogP contribution is 2.27. The van der Waals surface area contributed by atoms with Crippen molar-refractivity contribution < 1.29 is 28.5 Å². The molecule has 1 rings (SSSR count). The topological polar surface area (TPSA) is 66.8 Å². The fourth-order valence-electron chi connectivity index (χ4n) is 1.44. The monoisotopic (exact) mass is 246 g/mol. The molecule has 0 heterocycles. The number of hydrogen-bond acceptors (Lipinski definition) is 3. The minimum Gasteiger partial charge on any atom is -0.479 e. The molecule has 4 nitrogen and oxygen atoms in total. The quantitative estimate of drug-likeness (QED) is 0.852. The second-order valence-corrected chi connectivity index (χ2v) is 3.57. The minimum atomic E-state index is -2.99. The van der Waals surface area contributed by atoms with Gasteiger partial charge in [-0.3, -0.25) is 0 Å². The molecule has 0 aromatic heterocycles. The lowest BCUT2D eigenvalue weighted by Gasteiger charge is -2.14. The Labute approximate surface area is 96.5 Å². The van der Waals surface area contributed by atoms with Crippen LogP contribution in [0.4, 0.5) is 8.78 Å². The van der Waals surface area contributed by atoms with E-state index in [1.165, 1.54) is 6.07 Å². The summed E-state index contributed by atoms with van der Waals surface area (Å²) in [5.41, 5.74) is 1.15. The van der Waals surface area contributed by atoms with Gasteiger partial charge < -0.3 is 14.9 Å². The molecule has 1 unspecified atom stereocenters. The van der Waals surface area contributed by atoms with Crippen LogP contribution in [0.15, 0.2) is 12.1 Å². The predicted octanol–water partition coefficient (Wildman–Crippen LogP) is 2.02. The van der Waals surface area contributed by atoms with E-state index >= 15 is 0 Å². The third kappa shape index (κ3) is 3.13. The Bertz CT molecular complexity index is 432. The molecule has 6 heteroatoms. The van der Waals surface area contributed by atoms with E-state index in [-0.39, 0.29) is 11.3 Å². The average Bonchev–Trinajstić information content (AvgIpc) is 2.21. The average molecular weight is 246 g/mol. The van der Waals surface area contributed by atoms with Crippen molar-refractivity contribution >= 4 is 5.97 Å². The van der Waals surface area contributed by atoms with E-state index in [0.29, 0.717) is 11.1 Å². The van der Waals surface area contributed by atoms with Crippen molar-refractivity contribution in [3.63, 3.8) is 0 Å². The smallest absolute Gasteiger partial charge is 0.387 e. The highest BCUT2D eigenvalue weighted by molar-refractivity contribution is 5.75. The Balaban J connectivity index is 3.19. The van der Waals surface area contributed by atoms with E-state index in [1.807, 2.05) is 0 Å². The molecule has 0 radical (unpaired) electrons. The zero-order valence-electron chi connectivity index (χ0n) is 9.28. The summed E-state index contributed by atoms with van der Waals surface area (Å²) >= 11 is 0. The number of halogens is 2. The van der Waals surface area contributed by atoms with Crippen LogP contribution in [-0.4, -0.2) is 22.8 Å². The van der Waals surface area contributed by atoms with Crippen LogP contribution < -0.4 is 4.74 Å². The molecule has 0 saturated heterocycles.